The molecular weight excluding hydrogens is 324 g/mol. The second-order valence-electron chi connectivity index (χ2n) is 6.02. The summed E-state index contributed by atoms with van der Waals surface area (Å²) < 4.78 is 1.97. The van der Waals surface area contributed by atoms with Gasteiger partial charge < -0.3 is 11.1 Å². The molecule has 3 N–H and O–H groups in total. The molecule has 5 nitrogen and oxygen atoms in total. The van der Waals surface area contributed by atoms with Crippen LogP contribution < -0.4 is 11.1 Å². The number of hydrogen-bond donors (Lipinski definition) is 2. The van der Waals surface area contributed by atoms with Gasteiger partial charge in [0.15, 0.2) is 0 Å². The van der Waals surface area contributed by atoms with Gasteiger partial charge in [-0.15, -0.1) is 12.4 Å². The first-order valence-corrected chi connectivity index (χ1v) is 8.08. The molecule has 0 spiro atoms. The molecule has 0 bridgehead atoms. The van der Waals surface area contributed by atoms with Crippen LogP contribution in [0.25, 0.3) is 0 Å². The summed E-state index contributed by atoms with van der Waals surface area (Å²) in [5.74, 6) is -0.263. The van der Waals surface area contributed by atoms with E-state index in [0.717, 1.165) is 29.9 Å². The number of nitrogens with two attached hydrogens (primary N) is 1. The maximum Gasteiger partial charge on any atom is 0.224 e. The average molecular weight is 351 g/mol. The Bertz CT molecular complexity index is 642. The minimum Gasteiger partial charge on any atom is -0.356 e. The molecule has 2 unspecified atom stereocenters. The van der Waals surface area contributed by atoms with Gasteiger partial charge in [0.1, 0.15) is 0 Å². The molecule has 0 aliphatic carbocycles. The smallest absolute Gasteiger partial charge is 0.224 e. The third kappa shape index (κ3) is 5.35. The van der Waals surface area contributed by atoms with Crippen LogP contribution in [0, 0.1) is 19.8 Å². The number of carbonyl (C=O) groups excluding carboxylic acids is 1. The van der Waals surface area contributed by atoms with Gasteiger partial charge in [-0.05, 0) is 31.9 Å². The Kier molecular flexibility index (Phi) is 7.95. The number of benzene rings is 1. The van der Waals surface area contributed by atoms with E-state index < -0.39 is 0 Å². The molecule has 1 aromatic heterocycles. The van der Waals surface area contributed by atoms with E-state index in [1.807, 2.05) is 55.8 Å². The summed E-state index contributed by atoms with van der Waals surface area (Å²) in [6.07, 6.45) is 0.848. The first-order valence-electron chi connectivity index (χ1n) is 8.08. The SMILES string of the molecule is Cc1cc(C)n(CCCNC(=O)C(C)C(N)c2ccccc2)n1.Cl. The van der Waals surface area contributed by atoms with Crippen molar-refractivity contribution in [2.75, 3.05) is 6.54 Å². The molecule has 2 atom stereocenters. The minimum atomic E-state index is -0.285. The van der Waals surface area contributed by atoms with E-state index in [1.54, 1.807) is 0 Å². The number of rotatable bonds is 7. The molecule has 0 radical (unpaired) electrons. The number of halogens is 1. The fourth-order valence-corrected chi connectivity index (χ4v) is 2.63. The van der Waals surface area contributed by atoms with Gasteiger partial charge in [-0.3, -0.25) is 9.48 Å². The predicted molar refractivity (Wildman–Crippen MR) is 99.1 cm³/mol. The lowest BCUT2D eigenvalue weighted by molar-refractivity contribution is -0.125. The highest BCUT2D eigenvalue weighted by atomic mass is 35.5. The van der Waals surface area contributed by atoms with E-state index in [4.69, 9.17) is 5.73 Å². The van der Waals surface area contributed by atoms with E-state index >= 15 is 0 Å². The van der Waals surface area contributed by atoms with Crippen LogP contribution in [0.1, 0.15) is 36.3 Å². The van der Waals surface area contributed by atoms with E-state index in [0.29, 0.717) is 6.54 Å². The van der Waals surface area contributed by atoms with Gasteiger partial charge in [-0.25, -0.2) is 0 Å². The quantitative estimate of drug-likeness (QED) is 0.754. The van der Waals surface area contributed by atoms with Gasteiger partial charge in [0.05, 0.1) is 11.6 Å². The summed E-state index contributed by atoms with van der Waals surface area (Å²) in [7, 11) is 0. The Morgan fingerprint density at radius 1 is 1.29 bits per heavy atom. The van der Waals surface area contributed by atoms with E-state index in [1.165, 1.54) is 0 Å². The molecular formula is C18H27ClN4O. The molecule has 24 heavy (non-hydrogen) atoms. The van der Waals surface area contributed by atoms with Gasteiger partial charge in [-0.1, -0.05) is 37.3 Å². The number of nitrogens with one attached hydrogen (secondary N) is 1. The second kappa shape index (κ2) is 9.45. The zero-order chi connectivity index (χ0) is 16.8. The molecule has 0 aliphatic heterocycles. The normalized spacial score (nSPS) is 13.0. The van der Waals surface area contributed by atoms with Crippen molar-refractivity contribution in [1.82, 2.24) is 15.1 Å². The van der Waals surface area contributed by atoms with Crippen molar-refractivity contribution < 1.29 is 4.79 Å². The Hall–Kier alpha value is -1.85. The number of hydrogen-bond acceptors (Lipinski definition) is 3. The topological polar surface area (TPSA) is 72.9 Å². The zero-order valence-corrected chi connectivity index (χ0v) is 15.3. The fourth-order valence-electron chi connectivity index (χ4n) is 2.63. The highest BCUT2D eigenvalue weighted by Crippen LogP contribution is 2.18. The van der Waals surface area contributed by atoms with Crippen LogP contribution in [-0.4, -0.2) is 22.2 Å². The van der Waals surface area contributed by atoms with Gasteiger partial charge in [0.2, 0.25) is 5.91 Å². The van der Waals surface area contributed by atoms with Gasteiger partial charge in [0.25, 0.3) is 0 Å². The Morgan fingerprint density at radius 2 is 1.96 bits per heavy atom. The number of carbonyl (C=O) groups is 1. The fraction of sp³-hybridized carbons (Fsp3) is 0.444. The van der Waals surface area contributed by atoms with E-state index in [9.17, 15) is 4.79 Å². The molecule has 0 aliphatic rings. The number of aromatic nitrogens is 2. The van der Waals surface area contributed by atoms with Crippen LogP contribution in [0.3, 0.4) is 0 Å². The molecule has 2 rings (SSSR count). The van der Waals surface area contributed by atoms with Crippen LogP contribution >= 0.6 is 12.4 Å². The number of aryl methyl sites for hydroxylation is 3. The molecule has 6 heteroatoms. The third-order valence-electron chi connectivity index (χ3n) is 4.09. The van der Waals surface area contributed by atoms with Crippen molar-refractivity contribution in [3.63, 3.8) is 0 Å². The van der Waals surface area contributed by atoms with Crippen LogP contribution in [0.5, 0.6) is 0 Å². The van der Waals surface area contributed by atoms with Crippen LogP contribution in [-0.2, 0) is 11.3 Å². The lowest BCUT2D eigenvalue weighted by Gasteiger charge is -2.19. The molecule has 0 saturated carbocycles. The van der Waals surface area contributed by atoms with E-state index in [-0.39, 0.29) is 30.3 Å². The van der Waals surface area contributed by atoms with Crippen molar-refractivity contribution in [2.45, 2.75) is 39.8 Å². The maximum atomic E-state index is 12.2. The highest BCUT2D eigenvalue weighted by Gasteiger charge is 2.21. The number of amides is 1. The standard InChI is InChI=1S/C18H26N4O.ClH/c1-13-12-14(2)22(21-13)11-7-10-20-18(23)15(3)17(19)16-8-5-4-6-9-16;/h4-6,8-9,12,15,17H,7,10-11,19H2,1-3H3,(H,20,23);1H. The lowest BCUT2D eigenvalue weighted by atomic mass is 9.95. The molecule has 1 heterocycles. The molecule has 132 valence electrons. The second-order valence-corrected chi connectivity index (χ2v) is 6.02. The van der Waals surface area contributed by atoms with Crippen LogP contribution in [0.2, 0.25) is 0 Å². The van der Waals surface area contributed by atoms with Crippen molar-refractivity contribution in [2.24, 2.45) is 11.7 Å². The molecule has 0 fully saturated rings. The maximum absolute atomic E-state index is 12.2. The first kappa shape index (κ1) is 20.2. The molecule has 2 aromatic rings. The highest BCUT2D eigenvalue weighted by molar-refractivity contribution is 5.85. The van der Waals surface area contributed by atoms with E-state index in [2.05, 4.69) is 16.5 Å². The Balaban J connectivity index is 0.00000288. The summed E-state index contributed by atoms with van der Waals surface area (Å²) in [4.78, 5) is 12.2. The lowest BCUT2D eigenvalue weighted by Crippen LogP contribution is -2.36. The van der Waals surface area contributed by atoms with Crippen molar-refractivity contribution in [3.05, 3.63) is 53.3 Å². The monoisotopic (exact) mass is 350 g/mol. The summed E-state index contributed by atoms with van der Waals surface area (Å²) >= 11 is 0. The van der Waals surface area contributed by atoms with Gasteiger partial charge in [-0.2, -0.15) is 5.10 Å². The summed E-state index contributed by atoms with van der Waals surface area (Å²) in [6.45, 7) is 7.33. The summed E-state index contributed by atoms with van der Waals surface area (Å²) in [5.41, 5.74) is 9.34. The predicted octanol–water partition coefficient (Wildman–Crippen LogP) is 2.76. The number of nitrogens with zero attached hydrogens (tertiary/aromatic N) is 2. The third-order valence-corrected chi connectivity index (χ3v) is 4.09. The Labute approximate surface area is 150 Å². The zero-order valence-electron chi connectivity index (χ0n) is 14.5. The largest absolute Gasteiger partial charge is 0.356 e. The van der Waals surface area contributed by atoms with Crippen LogP contribution in [0.4, 0.5) is 0 Å². The van der Waals surface area contributed by atoms with Gasteiger partial charge in [0, 0.05) is 24.8 Å². The van der Waals surface area contributed by atoms with Crippen molar-refractivity contribution in [3.8, 4) is 0 Å². The average Bonchev–Trinajstić information content (AvgIpc) is 2.88. The molecule has 0 saturated heterocycles. The molecule has 1 amide bonds. The van der Waals surface area contributed by atoms with Crippen molar-refractivity contribution in [1.29, 1.82) is 0 Å². The first-order chi connectivity index (χ1) is 11.0. The van der Waals surface area contributed by atoms with Crippen molar-refractivity contribution >= 4 is 18.3 Å². The Morgan fingerprint density at radius 3 is 2.54 bits per heavy atom. The van der Waals surface area contributed by atoms with Gasteiger partial charge >= 0.3 is 0 Å². The molecule has 1 aromatic carbocycles. The van der Waals surface area contributed by atoms with Crippen LogP contribution in [0.15, 0.2) is 36.4 Å². The summed E-state index contributed by atoms with van der Waals surface area (Å²) in [6, 6.07) is 11.5. The minimum absolute atomic E-state index is 0. The summed E-state index contributed by atoms with van der Waals surface area (Å²) in [5, 5.41) is 7.38.